The molecule has 3 aliphatic heterocycles. The van der Waals surface area contributed by atoms with Crippen molar-refractivity contribution in [3.63, 3.8) is 0 Å². The molecule has 11 heteroatoms. The van der Waals surface area contributed by atoms with Gasteiger partial charge in [-0.15, -0.1) is 0 Å². The van der Waals surface area contributed by atoms with E-state index in [1.54, 1.807) is 43.5 Å². The van der Waals surface area contributed by atoms with Gasteiger partial charge in [0.15, 0.2) is 5.41 Å². The van der Waals surface area contributed by atoms with Crippen molar-refractivity contribution in [1.82, 2.24) is 5.32 Å². The molecule has 3 heterocycles. The number of hydrogen-bond acceptors (Lipinski definition) is 6. The van der Waals surface area contributed by atoms with Gasteiger partial charge in [0.1, 0.15) is 5.75 Å². The van der Waals surface area contributed by atoms with Crippen molar-refractivity contribution in [2.45, 2.75) is 18.6 Å². The Hall–Kier alpha value is -4.54. The molecule has 6 rings (SSSR count). The topological polar surface area (TPSA) is 82.2 Å². The highest BCUT2D eigenvalue weighted by molar-refractivity contribution is 6.30. The average molecular weight is 551 g/mol. The number of rotatable bonds is 3. The third kappa shape index (κ3) is 3.87. The molecule has 3 aromatic rings. The standard InChI is InChI=1S/C29H25F3N4O4/c1-40-23-10-6-5-9-22(23)34-13-14-35-21-12-11-19(29(30,31)32)15-18(21)16-28(24(35)17-34)25(37)33-27(39)36(26(28)38)20-7-3-2-4-8-20/h2-12,15,24H,13-14,16-17H2,1H3,(H,33,37,39)/t24-,28-/m0/s1. The number of piperazine rings is 1. The lowest BCUT2D eigenvalue weighted by atomic mass is 9.67. The summed E-state index contributed by atoms with van der Waals surface area (Å²) >= 11 is 0. The van der Waals surface area contributed by atoms with Crippen LogP contribution in [-0.2, 0) is 22.2 Å². The molecule has 8 nitrogen and oxygen atoms in total. The number of methoxy groups -OCH3 is 1. The Balaban J connectivity index is 1.51. The first-order chi connectivity index (χ1) is 19.1. The number of barbiturate groups is 1. The monoisotopic (exact) mass is 550 g/mol. The van der Waals surface area contributed by atoms with E-state index in [2.05, 4.69) is 5.32 Å². The molecule has 1 spiro atoms. The van der Waals surface area contributed by atoms with Gasteiger partial charge in [-0.3, -0.25) is 14.9 Å². The zero-order chi connectivity index (χ0) is 28.2. The number of para-hydroxylation sites is 3. The van der Waals surface area contributed by atoms with Gasteiger partial charge in [0.2, 0.25) is 5.91 Å². The van der Waals surface area contributed by atoms with Gasteiger partial charge in [-0.1, -0.05) is 30.3 Å². The Kier molecular flexibility index (Phi) is 5.97. The van der Waals surface area contributed by atoms with Crippen LogP contribution in [0.25, 0.3) is 0 Å². The van der Waals surface area contributed by atoms with Crippen LogP contribution in [0.15, 0.2) is 72.8 Å². The van der Waals surface area contributed by atoms with Crippen LogP contribution >= 0.6 is 0 Å². The number of nitrogens with zero attached hydrogens (tertiary/aromatic N) is 3. The maximum absolute atomic E-state index is 14.4. The molecule has 0 aliphatic carbocycles. The van der Waals surface area contributed by atoms with E-state index in [0.717, 1.165) is 22.7 Å². The number of carbonyl (C=O) groups is 3. The van der Waals surface area contributed by atoms with Crippen molar-refractivity contribution >= 4 is 34.9 Å². The van der Waals surface area contributed by atoms with Crippen LogP contribution in [0.3, 0.4) is 0 Å². The zero-order valence-electron chi connectivity index (χ0n) is 21.4. The quantitative estimate of drug-likeness (QED) is 0.492. The maximum atomic E-state index is 14.4. The fourth-order valence-corrected chi connectivity index (χ4v) is 6.12. The van der Waals surface area contributed by atoms with Crippen LogP contribution in [0.4, 0.5) is 35.0 Å². The normalized spacial score (nSPS) is 22.6. The first kappa shape index (κ1) is 25.7. The van der Waals surface area contributed by atoms with Gasteiger partial charge in [-0.25, -0.2) is 9.69 Å². The van der Waals surface area contributed by atoms with E-state index >= 15 is 0 Å². The van der Waals surface area contributed by atoms with Gasteiger partial charge < -0.3 is 14.5 Å². The molecule has 0 aromatic heterocycles. The number of halogens is 3. The Morgan fingerprint density at radius 2 is 1.65 bits per heavy atom. The number of imide groups is 2. The molecular formula is C29H25F3N4O4. The lowest BCUT2D eigenvalue weighted by molar-refractivity contribution is -0.144. The van der Waals surface area contributed by atoms with Crippen molar-refractivity contribution in [3.8, 4) is 5.75 Å². The first-order valence-corrected chi connectivity index (χ1v) is 12.7. The SMILES string of the molecule is COc1ccccc1N1CCN2c3ccc(C(F)(F)F)cc3C[C@@]3(C(=O)NC(=O)N(c4ccccc4)C3=O)[C@@H]2C1. The molecule has 2 saturated heterocycles. The van der Waals surface area contributed by atoms with E-state index in [9.17, 15) is 27.6 Å². The summed E-state index contributed by atoms with van der Waals surface area (Å²) in [5, 5.41) is 2.34. The molecule has 0 saturated carbocycles. The molecule has 40 heavy (non-hydrogen) atoms. The second-order valence-corrected chi connectivity index (χ2v) is 10.1. The van der Waals surface area contributed by atoms with Crippen LogP contribution < -0.4 is 24.8 Å². The Labute approximate surface area is 227 Å². The fourth-order valence-electron chi connectivity index (χ4n) is 6.12. The number of nitrogens with one attached hydrogen (secondary N) is 1. The number of fused-ring (bicyclic) bond motifs is 4. The van der Waals surface area contributed by atoms with Crippen LogP contribution in [0.1, 0.15) is 11.1 Å². The number of amides is 4. The van der Waals surface area contributed by atoms with Crippen LogP contribution in [-0.4, -0.2) is 50.6 Å². The van der Waals surface area contributed by atoms with Crippen molar-refractivity contribution in [3.05, 3.63) is 83.9 Å². The summed E-state index contributed by atoms with van der Waals surface area (Å²) in [5.41, 5.74) is -0.961. The second-order valence-electron chi connectivity index (χ2n) is 10.1. The van der Waals surface area contributed by atoms with E-state index in [1.807, 2.05) is 28.0 Å². The molecule has 0 bridgehead atoms. The molecule has 3 aliphatic rings. The van der Waals surface area contributed by atoms with Gasteiger partial charge >= 0.3 is 12.2 Å². The minimum Gasteiger partial charge on any atom is -0.495 e. The summed E-state index contributed by atoms with van der Waals surface area (Å²) in [4.78, 5) is 45.9. The van der Waals surface area contributed by atoms with Crippen molar-refractivity contribution in [2.75, 3.05) is 41.4 Å². The summed E-state index contributed by atoms with van der Waals surface area (Å²) in [6.45, 7) is 0.976. The number of urea groups is 1. The number of alkyl halides is 3. The van der Waals surface area contributed by atoms with E-state index in [4.69, 9.17) is 4.74 Å². The van der Waals surface area contributed by atoms with Crippen LogP contribution in [0, 0.1) is 5.41 Å². The number of hydrogen-bond donors (Lipinski definition) is 1. The van der Waals surface area contributed by atoms with Gasteiger partial charge in [0.25, 0.3) is 5.91 Å². The van der Waals surface area contributed by atoms with E-state index in [-0.39, 0.29) is 24.2 Å². The summed E-state index contributed by atoms with van der Waals surface area (Å²) in [5.74, 6) is -0.987. The number of carbonyl (C=O) groups excluding carboxylic acids is 3. The predicted octanol–water partition coefficient (Wildman–Crippen LogP) is 4.23. The molecule has 0 radical (unpaired) electrons. The third-order valence-corrected chi connectivity index (χ3v) is 7.99. The summed E-state index contributed by atoms with van der Waals surface area (Å²) in [6.07, 6.45) is -4.90. The molecule has 0 unspecified atom stereocenters. The Morgan fingerprint density at radius 1 is 0.925 bits per heavy atom. The van der Waals surface area contributed by atoms with Gasteiger partial charge in [-0.2, -0.15) is 13.2 Å². The van der Waals surface area contributed by atoms with E-state index < -0.39 is 41.0 Å². The summed E-state index contributed by atoms with van der Waals surface area (Å²) < 4.78 is 46.6. The number of anilines is 3. The molecule has 3 aromatic carbocycles. The highest BCUT2D eigenvalue weighted by Crippen LogP contribution is 2.48. The summed E-state index contributed by atoms with van der Waals surface area (Å²) in [7, 11) is 1.55. The van der Waals surface area contributed by atoms with Gasteiger partial charge in [0, 0.05) is 25.3 Å². The fraction of sp³-hybridized carbons (Fsp3) is 0.276. The number of benzene rings is 3. The molecule has 1 N–H and O–H groups in total. The van der Waals surface area contributed by atoms with Crippen LogP contribution in [0.5, 0.6) is 5.75 Å². The lowest BCUT2D eigenvalue weighted by Gasteiger charge is -2.55. The highest BCUT2D eigenvalue weighted by Gasteiger charge is 2.63. The van der Waals surface area contributed by atoms with Crippen molar-refractivity contribution in [2.24, 2.45) is 5.41 Å². The number of ether oxygens (including phenoxy) is 1. The smallest absolute Gasteiger partial charge is 0.416 e. The van der Waals surface area contributed by atoms with E-state index in [1.165, 1.54) is 6.07 Å². The minimum absolute atomic E-state index is 0.191. The van der Waals surface area contributed by atoms with Crippen molar-refractivity contribution < 1.29 is 32.3 Å². The van der Waals surface area contributed by atoms with Gasteiger partial charge in [-0.05, 0) is 54.4 Å². The first-order valence-electron chi connectivity index (χ1n) is 12.7. The summed E-state index contributed by atoms with van der Waals surface area (Å²) in [6, 6.07) is 17.3. The molecule has 2 fully saturated rings. The van der Waals surface area contributed by atoms with Crippen LogP contribution in [0.2, 0.25) is 0 Å². The Morgan fingerprint density at radius 3 is 2.38 bits per heavy atom. The third-order valence-electron chi connectivity index (χ3n) is 7.99. The molecular weight excluding hydrogens is 525 g/mol. The largest absolute Gasteiger partial charge is 0.495 e. The zero-order valence-corrected chi connectivity index (χ0v) is 21.4. The molecule has 2 atom stereocenters. The highest BCUT2D eigenvalue weighted by atomic mass is 19.4. The molecule has 4 amide bonds. The van der Waals surface area contributed by atoms with Crippen molar-refractivity contribution in [1.29, 1.82) is 0 Å². The Bertz CT molecular complexity index is 1510. The molecule has 206 valence electrons. The van der Waals surface area contributed by atoms with E-state index in [0.29, 0.717) is 24.5 Å². The average Bonchev–Trinajstić information content (AvgIpc) is 2.95. The predicted molar refractivity (Wildman–Crippen MR) is 141 cm³/mol. The minimum atomic E-state index is -4.60. The van der Waals surface area contributed by atoms with Gasteiger partial charge in [0.05, 0.1) is 30.1 Å². The maximum Gasteiger partial charge on any atom is 0.416 e. The lowest BCUT2D eigenvalue weighted by Crippen LogP contribution is -2.75. The second kappa shape index (κ2) is 9.29.